The molecule has 0 N–H and O–H groups in total. The second kappa shape index (κ2) is 7.05. The standard InChI is InChI=1S/C16H27N5O/c1-12(2)21-7-6-13(11-21)10-20(5)15-9-17-8-14(18-15)16(22)19(3)4/h8-9,12-13H,6-7,10-11H2,1-5H3/t13-/m0/s1. The van der Waals surface area contributed by atoms with E-state index in [0.29, 0.717) is 17.7 Å². The van der Waals surface area contributed by atoms with E-state index in [2.05, 4.69) is 33.6 Å². The van der Waals surface area contributed by atoms with Gasteiger partial charge in [0.25, 0.3) is 5.91 Å². The van der Waals surface area contributed by atoms with Crippen molar-refractivity contribution >= 4 is 11.7 Å². The van der Waals surface area contributed by atoms with E-state index in [0.717, 1.165) is 18.9 Å². The van der Waals surface area contributed by atoms with E-state index in [-0.39, 0.29) is 5.91 Å². The fraction of sp³-hybridized carbons (Fsp3) is 0.688. The third kappa shape index (κ3) is 3.94. The van der Waals surface area contributed by atoms with Gasteiger partial charge in [0.05, 0.1) is 12.4 Å². The van der Waals surface area contributed by atoms with Gasteiger partial charge < -0.3 is 14.7 Å². The van der Waals surface area contributed by atoms with E-state index in [1.165, 1.54) is 24.1 Å². The number of rotatable bonds is 5. The van der Waals surface area contributed by atoms with Crippen LogP contribution in [0.3, 0.4) is 0 Å². The summed E-state index contributed by atoms with van der Waals surface area (Å²) >= 11 is 0. The second-order valence-electron chi connectivity index (χ2n) is 6.59. The molecule has 1 saturated heterocycles. The molecule has 0 bridgehead atoms. The molecule has 2 heterocycles. The van der Waals surface area contributed by atoms with E-state index in [1.54, 1.807) is 20.3 Å². The largest absolute Gasteiger partial charge is 0.358 e. The highest BCUT2D eigenvalue weighted by Gasteiger charge is 2.25. The van der Waals surface area contributed by atoms with Gasteiger partial charge >= 0.3 is 0 Å². The van der Waals surface area contributed by atoms with E-state index in [4.69, 9.17) is 0 Å². The fourth-order valence-electron chi connectivity index (χ4n) is 2.83. The van der Waals surface area contributed by atoms with Crippen LogP contribution in [0.1, 0.15) is 30.8 Å². The van der Waals surface area contributed by atoms with Crippen molar-refractivity contribution in [2.24, 2.45) is 5.92 Å². The van der Waals surface area contributed by atoms with Crippen LogP contribution in [0.4, 0.5) is 5.82 Å². The molecule has 6 heteroatoms. The highest BCUT2D eigenvalue weighted by atomic mass is 16.2. The summed E-state index contributed by atoms with van der Waals surface area (Å²) in [6.45, 7) is 7.73. The Morgan fingerprint density at radius 2 is 2.09 bits per heavy atom. The maximum Gasteiger partial charge on any atom is 0.273 e. The van der Waals surface area contributed by atoms with E-state index < -0.39 is 0 Å². The number of carbonyl (C=O) groups is 1. The Balaban J connectivity index is 2.00. The summed E-state index contributed by atoms with van der Waals surface area (Å²) in [7, 11) is 5.46. The molecule has 1 aliphatic rings. The maximum atomic E-state index is 12.0. The van der Waals surface area contributed by atoms with Crippen LogP contribution in [0.5, 0.6) is 0 Å². The van der Waals surface area contributed by atoms with Crippen molar-refractivity contribution in [2.75, 3.05) is 45.7 Å². The molecule has 1 fully saturated rings. The molecular formula is C16H27N5O. The zero-order valence-corrected chi connectivity index (χ0v) is 14.3. The molecule has 0 aliphatic carbocycles. The molecule has 0 radical (unpaired) electrons. The summed E-state index contributed by atoms with van der Waals surface area (Å²) < 4.78 is 0. The van der Waals surface area contributed by atoms with Gasteiger partial charge in [0.15, 0.2) is 0 Å². The summed E-state index contributed by atoms with van der Waals surface area (Å²) in [5.74, 6) is 1.28. The molecule has 6 nitrogen and oxygen atoms in total. The topological polar surface area (TPSA) is 52.6 Å². The smallest absolute Gasteiger partial charge is 0.273 e. The van der Waals surface area contributed by atoms with Crippen molar-refractivity contribution in [1.29, 1.82) is 0 Å². The number of anilines is 1. The van der Waals surface area contributed by atoms with Crippen molar-refractivity contribution in [3.8, 4) is 0 Å². The number of carbonyl (C=O) groups excluding carboxylic acids is 1. The molecule has 1 amide bonds. The van der Waals surface area contributed by atoms with E-state index in [9.17, 15) is 4.79 Å². The van der Waals surface area contributed by atoms with Gasteiger partial charge in [-0.2, -0.15) is 0 Å². The minimum absolute atomic E-state index is 0.116. The summed E-state index contributed by atoms with van der Waals surface area (Å²) in [4.78, 5) is 26.7. The van der Waals surface area contributed by atoms with Crippen molar-refractivity contribution in [3.63, 3.8) is 0 Å². The van der Waals surface area contributed by atoms with Crippen LogP contribution in [0.2, 0.25) is 0 Å². The Hall–Kier alpha value is -1.69. The monoisotopic (exact) mass is 305 g/mol. The van der Waals surface area contributed by atoms with Crippen LogP contribution in [0.25, 0.3) is 0 Å². The highest BCUT2D eigenvalue weighted by Crippen LogP contribution is 2.21. The summed E-state index contributed by atoms with van der Waals surface area (Å²) in [5, 5.41) is 0. The van der Waals surface area contributed by atoms with Crippen LogP contribution in [-0.2, 0) is 0 Å². The lowest BCUT2D eigenvalue weighted by atomic mass is 10.1. The Labute approximate surface area is 133 Å². The molecule has 22 heavy (non-hydrogen) atoms. The number of hydrogen-bond donors (Lipinski definition) is 0. The quantitative estimate of drug-likeness (QED) is 0.822. The number of likely N-dealkylation sites (tertiary alicyclic amines) is 1. The van der Waals surface area contributed by atoms with Gasteiger partial charge in [0.1, 0.15) is 11.5 Å². The number of hydrogen-bond acceptors (Lipinski definition) is 5. The van der Waals surface area contributed by atoms with Crippen molar-refractivity contribution in [3.05, 3.63) is 18.1 Å². The van der Waals surface area contributed by atoms with Gasteiger partial charge in [-0.15, -0.1) is 0 Å². The van der Waals surface area contributed by atoms with Gasteiger partial charge in [-0.1, -0.05) is 0 Å². The van der Waals surface area contributed by atoms with E-state index in [1.807, 2.05) is 7.05 Å². The summed E-state index contributed by atoms with van der Waals surface area (Å²) in [5.41, 5.74) is 0.393. The zero-order chi connectivity index (χ0) is 16.3. The Bertz CT molecular complexity index is 517. The van der Waals surface area contributed by atoms with Gasteiger partial charge in [-0.3, -0.25) is 9.78 Å². The molecule has 1 aromatic rings. The van der Waals surface area contributed by atoms with Gasteiger partial charge in [0, 0.05) is 40.3 Å². The van der Waals surface area contributed by atoms with Gasteiger partial charge in [-0.05, 0) is 32.7 Å². The van der Waals surface area contributed by atoms with Crippen LogP contribution in [-0.4, -0.2) is 72.5 Å². The summed E-state index contributed by atoms with van der Waals surface area (Å²) in [6, 6.07) is 0.608. The first-order valence-corrected chi connectivity index (χ1v) is 7.87. The molecule has 0 spiro atoms. The molecule has 1 aromatic heterocycles. The minimum atomic E-state index is -0.116. The number of nitrogens with zero attached hydrogens (tertiary/aromatic N) is 5. The molecule has 2 rings (SSSR count). The predicted molar refractivity (Wildman–Crippen MR) is 88.1 cm³/mol. The third-order valence-electron chi connectivity index (χ3n) is 4.22. The molecular weight excluding hydrogens is 278 g/mol. The first-order valence-electron chi connectivity index (χ1n) is 7.87. The molecule has 0 unspecified atom stereocenters. The van der Waals surface area contributed by atoms with Crippen LogP contribution < -0.4 is 4.90 Å². The Morgan fingerprint density at radius 1 is 1.36 bits per heavy atom. The van der Waals surface area contributed by atoms with Crippen LogP contribution >= 0.6 is 0 Å². The van der Waals surface area contributed by atoms with Gasteiger partial charge in [-0.25, -0.2) is 4.98 Å². The van der Waals surface area contributed by atoms with Crippen LogP contribution in [0.15, 0.2) is 12.4 Å². The second-order valence-corrected chi connectivity index (χ2v) is 6.59. The van der Waals surface area contributed by atoms with Gasteiger partial charge in [0.2, 0.25) is 0 Å². The predicted octanol–water partition coefficient (Wildman–Crippen LogP) is 1.34. The molecule has 0 saturated carbocycles. The third-order valence-corrected chi connectivity index (χ3v) is 4.22. The first kappa shape index (κ1) is 16.7. The highest BCUT2D eigenvalue weighted by molar-refractivity contribution is 5.91. The maximum absolute atomic E-state index is 12.0. The lowest BCUT2D eigenvalue weighted by Gasteiger charge is -2.24. The van der Waals surface area contributed by atoms with Crippen molar-refractivity contribution < 1.29 is 4.79 Å². The lowest BCUT2D eigenvalue weighted by Crippen LogP contribution is -2.32. The SMILES string of the molecule is CC(C)N1CC[C@@H](CN(C)c2cncc(C(=O)N(C)C)n2)C1. The first-order chi connectivity index (χ1) is 10.4. The molecule has 0 aromatic carbocycles. The van der Waals surface area contributed by atoms with Crippen molar-refractivity contribution in [2.45, 2.75) is 26.3 Å². The Kier molecular flexibility index (Phi) is 5.34. The lowest BCUT2D eigenvalue weighted by molar-refractivity contribution is 0.0821. The number of aromatic nitrogens is 2. The number of amides is 1. The van der Waals surface area contributed by atoms with E-state index >= 15 is 0 Å². The molecule has 1 aliphatic heterocycles. The van der Waals surface area contributed by atoms with Crippen molar-refractivity contribution in [1.82, 2.24) is 19.8 Å². The molecule has 122 valence electrons. The average molecular weight is 305 g/mol. The normalized spacial score (nSPS) is 18.7. The van der Waals surface area contributed by atoms with Crippen LogP contribution in [0, 0.1) is 5.92 Å². The minimum Gasteiger partial charge on any atom is -0.358 e. The average Bonchev–Trinajstić information content (AvgIpc) is 2.95. The Morgan fingerprint density at radius 3 is 2.68 bits per heavy atom. The summed E-state index contributed by atoms with van der Waals surface area (Å²) in [6.07, 6.45) is 4.46. The fourth-order valence-corrected chi connectivity index (χ4v) is 2.83. The molecule has 1 atom stereocenters. The zero-order valence-electron chi connectivity index (χ0n) is 14.3.